The van der Waals surface area contributed by atoms with E-state index in [9.17, 15) is 22.8 Å². The highest BCUT2D eigenvalue weighted by molar-refractivity contribution is 6.32. The number of halogens is 4. The Morgan fingerprint density at radius 3 is 2.56 bits per heavy atom. The topological polar surface area (TPSA) is 57.6 Å². The van der Waals surface area contributed by atoms with Crippen LogP contribution in [0.5, 0.6) is 0 Å². The van der Waals surface area contributed by atoms with Crippen molar-refractivity contribution in [3.8, 4) is 0 Å². The average molecular weight is 376 g/mol. The maximum Gasteiger partial charge on any atom is 0.416 e. The monoisotopic (exact) mass is 375 g/mol. The number of carbonyl (C=O) groups is 2. The molecular formula is C17H17ClF3NO3. The molecule has 1 saturated carbocycles. The second-order valence-corrected chi connectivity index (χ2v) is 7.07. The van der Waals surface area contributed by atoms with Gasteiger partial charge in [0.15, 0.2) is 0 Å². The van der Waals surface area contributed by atoms with Crippen LogP contribution >= 0.6 is 11.6 Å². The molecule has 2 aliphatic rings. The first-order chi connectivity index (χ1) is 11.6. The number of nitrogens with zero attached hydrogens (tertiary/aromatic N) is 1. The van der Waals surface area contributed by atoms with E-state index in [1.54, 1.807) is 0 Å². The van der Waals surface area contributed by atoms with Gasteiger partial charge >= 0.3 is 12.1 Å². The number of likely N-dealkylation sites (tertiary alicyclic amines) is 1. The largest absolute Gasteiger partial charge is 0.481 e. The summed E-state index contributed by atoms with van der Waals surface area (Å²) in [5, 5.41) is 9.13. The second-order valence-electron chi connectivity index (χ2n) is 6.67. The van der Waals surface area contributed by atoms with Crippen molar-refractivity contribution in [2.24, 2.45) is 0 Å². The van der Waals surface area contributed by atoms with Crippen LogP contribution in [0.15, 0.2) is 18.2 Å². The quantitative estimate of drug-likeness (QED) is 0.869. The Balaban J connectivity index is 1.92. The van der Waals surface area contributed by atoms with Crippen LogP contribution < -0.4 is 0 Å². The number of hydrogen-bond donors (Lipinski definition) is 1. The van der Waals surface area contributed by atoms with Crippen molar-refractivity contribution in [1.82, 2.24) is 4.90 Å². The summed E-state index contributed by atoms with van der Waals surface area (Å²) < 4.78 is 39.0. The molecule has 0 aromatic heterocycles. The van der Waals surface area contributed by atoms with Gasteiger partial charge in [-0.05, 0) is 49.4 Å². The van der Waals surface area contributed by atoms with Crippen LogP contribution in [0.3, 0.4) is 0 Å². The third-order valence-electron chi connectivity index (χ3n) is 5.02. The lowest BCUT2D eigenvalue weighted by Crippen LogP contribution is -2.43. The average Bonchev–Trinajstić information content (AvgIpc) is 3.19. The summed E-state index contributed by atoms with van der Waals surface area (Å²) in [5.41, 5.74) is -1.70. The summed E-state index contributed by atoms with van der Waals surface area (Å²) in [5.74, 6) is -1.30. The third-order valence-corrected chi connectivity index (χ3v) is 5.35. The summed E-state index contributed by atoms with van der Waals surface area (Å²) in [6.07, 6.45) is -2.55. The highest BCUT2D eigenvalue weighted by Gasteiger charge is 2.55. The molecule has 1 aliphatic carbocycles. The molecule has 1 atom stereocenters. The van der Waals surface area contributed by atoms with Crippen molar-refractivity contribution >= 4 is 23.5 Å². The molecule has 25 heavy (non-hydrogen) atoms. The molecule has 1 aliphatic heterocycles. The minimum atomic E-state index is -4.52. The maximum absolute atomic E-state index is 13.0. The van der Waals surface area contributed by atoms with Crippen LogP contribution in [-0.2, 0) is 21.2 Å². The fraction of sp³-hybridized carbons (Fsp3) is 0.529. The predicted molar refractivity (Wildman–Crippen MR) is 84.4 cm³/mol. The van der Waals surface area contributed by atoms with Gasteiger partial charge in [-0.15, -0.1) is 0 Å². The number of carboxylic acid groups (broad SMARTS) is 1. The highest BCUT2D eigenvalue weighted by Crippen LogP contribution is 2.53. The Hall–Kier alpha value is -1.76. The molecule has 1 N–H and O–H groups in total. The molecular weight excluding hydrogens is 359 g/mol. The van der Waals surface area contributed by atoms with E-state index >= 15 is 0 Å². The molecule has 8 heteroatoms. The minimum Gasteiger partial charge on any atom is -0.481 e. The number of rotatable bonds is 4. The van der Waals surface area contributed by atoms with E-state index in [0.717, 1.165) is 12.1 Å². The summed E-state index contributed by atoms with van der Waals surface area (Å²) >= 11 is 6.11. The van der Waals surface area contributed by atoms with Gasteiger partial charge in [-0.1, -0.05) is 11.6 Å². The molecule has 0 spiro atoms. The number of amides is 1. The summed E-state index contributed by atoms with van der Waals surface area (Å²) in [6.45, 7) is 0.426. The van der Waals surface area contributed by atoms with Gasteiger partial charge in [-0.3, -0.25) is 9.59 Å². The first-order valence-corrected chi connectivity index (χ1v) is 8.43. The van der Waals surface area contributed by atoms with E-state index in [1.807, 2.05) is 0 Å². The Bertz CT molecular complexity index is 716. The maximum atomic E-state index is 13.0. The molecule has 4 nitrogen and oxygen atoms in total. The van der Waals surface area contributed by atoms with E-state index in [-0.39, 0.29) is 22.9 Å². The SMILES string of the molecule is O=C(O)CC1CCCN1C(=O)C1(c2cc(C(F)(F)F)ccc2Cl)CC1. The van der Waals surface area contributed by atoms with E-state index in [0.29, 0.717) is 32.2 Å². The van der Waals surface area contributed by atoms with Crippen LogP contribution in [0.4, 0.5) is 13.2 Å². The van der Waals surface area contributed by atoms with Crippen LogP contribution in [0.2, 0.25) is 5.02 Å². The van der Waals surface area contributed by atoms with Crippen LogP contribution in [0.1, 0.15) is 43.2 Å². The van der Waals surface area contributed by atoms with Gasteiger partial charge in [-0.25, -0.2) is 0 Å². The molecule has 136 valence electrons. The zero-order chi connectivity index (χ0) is 18.4. The van der Waals surface area contributed by atoms with Crippen molar-refractivity contribution in [1.29, 1.82) is 0 Å². The molecule has 3 rings (SSSR count). The zero-order valence-electron chi connectivity index (χ0n) is 13.3. The van der Waals surface area contributed by atoms with Gasteiger partial charge in [0, 0.05) is 17.6 Å². The van der Waals surface area contributed by atoms with Crippen LogP contribution in [-0.4, -0.2) is 34.5 Å². The van der Waals surface area contributed by atoms with Gasteiger partial charge in [0.2, 0.25) is 5.91 Å². The van der Waals surface area contributed by atoms with Crippen LogP contribution in [0, 0.1) is 0 Å². The van der Waals surface area contributed by atoms with Crippen molar-refractivity contribution in [3.63, 3.8) is 0 Å². The number of aliphatic carboxylic acids is 1. The highest BCUT2D eigenvalue weighted by atomic mass is 35.5. The number of benzene rings is 1. The van der Waals surface area contributed by atoms with E-state index in [2.05, 4.69) is 0 Å². The van der Waals surface area contributed by atoms with E-state index in [4.69, 9.17) is 16.7 Å². The lowest BCUT2D eigenvalue weighted by molar-refractivity contribution is -0.141. The van der Waals surface area contributed by atoms with E-state index in [1.165, 1.54) is 11.0 Å². The molecule has 1 saturated heterocycles. The fourth-order valence-corrected chi connectivity index (χ4v) is 3.88. The van der Waals surface area contributed by atoms with Crippen molar-refractivity contribution in [2.45, 2.75) is 49.7 Å². The van der Waals surface area contributed by atoms with Gasteiger partial charge in [0.25, 0.3) is 0 Å². The summed E-state index contributed by atoms with van der Waals surface area (Å²) in [6, 6.07) is 2.61. The van der Waals surface area contributed by atoms with Gasteiger partial charge in [-0.2, -0.15) is 13.2 Å². The van der Waals surface area contributed by atoms with Gasteiger partial charge < -0.3 is 10.0 Å². The zero-order valence-corrected chi connectivity index (χ0v) is 14.0. The van der Waals surface area contributed by atoms with Crippen molar-refractivity contribution in [2.75, 3.05) is 6.54 Å². The molecule has 2 fully saturated rings. The predicted octanol–water partition coefficient (Wildman–Crippen LogP) is 3.86. The third kappa shape index (κ3) is 3.34. The lowest BCUT2D eigenvalue weighted by atomic mass is 9.92. The molecule has 1 aromatic carbocycles. The number of carboxylic acids is 1. The van der Waals surface area contributed by atoms with Gasteiger partial charge in [0.05, 0.1) is 17.4 Å². The van der Waals surface area contributed by atoms with Crippen LogP contribution in [0.25, 0.3) is 0 Å². The molecule has 0 bridgehead atoms. The smallest absolute Gasteiger partial charge is 0.416 e. The lowest BCUT2D eigenvalue weighted by Gasteiger charge is -2.29. The summed E-state index contributed by atoms with van der Waals surface area (Å²) in [7, 11) is 0. The second kappa shape index (κ2) is 6.20. The van der Waals surface area contributed by atoms with Crippen molar-refractivity contribution in [3.05, 3.63) is 34.3 Å². The molecule has 1 amide bonds. The number of alkyl halides is 3. The fourth-order valence-electron chi connectivity index (χ4n) is 3.58. The Morgan fingerprint density at radius 1 is 1.32 bits per heavy atom. The molecule has 0 radical (unpaired) electrons. The molecule has 1 aromatic rings. The first-order valence-electron chi connectivity index (χ1n) is 8.05. The minimum absolute atomic E-state index is 0.132. The van der Waals surface area contributed by atoms with Gasteiger partial charge in [0.1, 0.15) is 0 Å². The number of carbonyl (C=O) groups excluding carboxylic acids is 1. The summed E-state index contributed by atoms with van der Waals surface area (Å²) in [4.78, 5) is 25.5. The molecule has 1 unspecified atom stereocenters. The van der Waals surface area contributed by atoms with Crippen molar-refractivity contribution < 1.29 is 27.9 Å². The standard InChI is InChI=1S/C17H17ClF3NO3/c18-13-4-3-10(17(19,20)21)8-12(13)16(5-6-16)15(25)22-7-1-2-11(22)9-14(23)24/h3-4,8,11H,1-2,5-7,9H2,(H,23,24). The Morgan fingerprint density at radius 2 is 2.00 bits per heavy atom. The normalized spacial score (nSPS) is 22.1. The number of hydrogen-bond acceptors (Lipinski definition) is 2. The Labute approximate surface area is 147 Å². The molecule has 1 heterocycles. The Kier molecular flexibility index (Phi) is 4.47. The first kappa shape index (κ1) is 18.0. The van der Waals surface area contributed by atoms with E-state index < -0.39 is 29.2 Å².